The van der Waals surface area contributed by atoms with Crippen LogP contribution in [-0.4, -0.2) is 11.6 Å². The minimum atomic E-state index is 0.472. The molecule has 1 aromatic carbocycles. The fraction of sp³-hybridized carbons (Fsp3) is 0.312. The molecule has 1 heterocycles. The van der Waals surface area contributed by atoms with Crippen LogP contribution in [-0.2, 0) is 5.75 Å². The van der Waals surface area contributed by atoms with E-state index in [1.54, 1.807) is 18.0 Å². The van der Waals surface area contributed by atoms with Gasteiger partial charge in [0.05, 0.1) is 16.5 Å². The third kappa shape index (κ3) is 4.73. The van der Waals surface area contributed by atoms with E-state index >= 15 is 0 Å². The van der Waals surface area contributed by atoms with Crippen LogP contribution in [0.1, 0.15) is 19.4 Å². The van der Waals surface area contributed by atoms with Crippen molar-refractivity contribution in [3.63, 3.8) is 0 Å². The van der Waals surface area contributed by atoms with E-state index in [0.717, 1.165) is 10.6 Å². The lowest BCUT2D eigenvalue weighted by Crippen LogP contribution is -2.06. The van der Waals surface area contributed by atoms with Gasteiger partial charge in [0.25, 0.3) is 0 Å². The standard InChI is InChI=1S/C16H18ClNOS/c1-12(2)10-19-16-15(8-14(17)9-18-16)20-11-13-6-4-3-5-7-13/h3-9,12H,10-11H2,1-2H3. The topological polar surface area (TPSA) is 22.1 Å². The Morgan fingerprint density at radius 1 is 1.25 bits per heavy atom. The van der Waals surface area contributed by atoms with Crippen molar-refractivity contribution in [3.05, 3.63) is 53.2 Å². The molecule has 0 unspecified atom stereocenters. The number of ether oxygens (including phenoxy) is 1. The molecule has 1 aromatic heterocycles. The Hall–Kier alpha value is -1.19. The van der Waals surface area contributed by atoms with Crippen molar-refractivity contribution in [2.24, 2.45) is 5.92 Å². The van der Waals surface area contributed by atoms with Gasteiger partial charge in [0.15, 0.2) is 0 Å². The molecular formula is C16H18ClNOS. The molecule has 2 aromatic rings. The van der Waals surface area contributed by atoms with E-state index in [-0.39, 0.29) is 0 Å². The van der Waals surface area contributed by atoms with Gasteiger partial charge in [-0.1, -0.05) is 55.8 Å². The van der Waals surface area contributed by atoms with Gasteiger partial charge in [-0.2, -0.15) is 0 Å². The van der Waals surface area contributed by atoms with Crippen molar-refractivity contribution in [3.8, 4) is 5.88 Å². The van der Waals surface area contributed by atoms with Gasteiger partial charge >= 0.3 is 0 Å². The van der Waals surface area contributed by atoms with Crippen LogP contribution < -0.4 is 4.74 Å². The first-order valence-electron chi connectivity index (χ1n) is 6.60. The summed E-state index contributed by atoms with van der Waals surface area (Å²) in [5, 5.41) is 0.637. The minimum Gasteiger partial charge on any atom is -0.477 e. The minimum absolute atomic E-state index is 0.472. The van der Waals surface area contributed by atoms with Crippen LogP contribution in [0.4, 0.5) is 0 Å². The summed E-state index contributed by atoms with van der Waals surface area (Å²) in [4.78, 5) is 5.28. The molecule has 0 aliphatic rings. The number of thioether (sulfide) groups is 1. The Labute approximate surface area is 129 Å². The normalized spacial score (nSPS) is 10.8. The number of nitrogens with zero attached hydrogens (tertiary/aromatic N) is 1. The SMILES string of the molecule is CC(C)COc1ncc(Cl)cc1SCc1ccccc1. The lowest BCUT2D eigenvalue weighted by molar-refractivity contribution is 0.255. The lowest BCUT2D eigenvalue weighted by Gasteiger charge is -2.12. The van der Waals surface area contributed by atoms with E-state index in [4.69, 9.17) is 16.3 Å². The van der Waals surface area contributed by atoms with Gasteiger partial charge in [-0.15, -0.1) is 11.8 Å². The molecule has 0 radical (unpaired) electrons. The Morgan fingerprint density at radius 2 is 2.00 bits per heavy atom. The second-order valence-electron chi connectivity index (χ2n) is 4.94. The second-order valence-corrected chi connectivity index (χ2v) is 6.39. The van der Waals surface area contributed by atoms with Crippen LogP contribution >= 0.6 is 23.4 Å². The fourth-order valence-corrected chi connectivity index (χ4v) is 2.78. The zero-order valence-corrected chi connectivity index (χ0v) is 13.2. The van der Waals surface area contributed by atoms with E-state index in [0.29, 0.717) is 23.4 Å². The lowest BCUT2D eigenvalue weighted by atomic mass is 10.2. The van der Waals surface area contributed by atoms with E-state index in [1.165, 1.54) is 5.56 Å². The number of rotatable bonds is 6. The zero-order chi connectivity index (χ0) is 14.4. The molecule has 106 valence electrons. The molecule has 0 fully saturated rings. The number of halogens is 1. The summed E-state index contributed by atoms with van der Waals surface area (Å²) in [5.41, 5.74) is 1.27. The van der Waals surface area contributed by atoms with Crippen molar-refractivity contribution < 1.29 is 4.74 Å². The highest BCUT2D eigenvalue weighted by Crippen LogP contribution is 2.32. The molecule has 0 atom stereocenters. The summed E-state index contributed by atoms with van der Waals surface area (Å²) >= 11 is 7.72. The molecule has 0 aliphatic carbocycles. The maximum atomic E-state index is 6.03. The molecule has 0 bridgehead atoms. The van der Waals surface area contributed by atoms with Crippen LogP contribution in [0, 0.1) is 5.92 Å². The summed E-state index contributed by atoms with van der Waals surface area (Å²) in [6.45, 7) is 4.90. The van der Waals surface area contributed by atoms with Gasteiger partial charge in [0, 0.05) is 11.9 Å². The molecule has 2 nitrogen and oxygen atoms in total. The second kappa shape index (κ2) is 7.55. The van der Waals surface area contributed by atoms with E-state index in [1.807, 2.05) is 24.3 Å². The average molecular weight is 308 g/mol. The molecule has 0 spiro atoms. The van der Waals surface area contributed by atoms with Crippen molar-refractivity contribution >= 4 is 23.4 Å². The van der Waals surface area contributed by atoms with Gasteiger partial charge in [-0.05, 0) is 17.5 Å². The highest BCUT2D eigenvalue weighted by Gasteiger charge is 2.08. The van der Waals surface area contributed by atoms with Crippen molar-refractivity contribution in [2.45, 2.75) is 24.5 Å². The van der Waals surface area contributed by atoms with Crippen molar-refractivity contribution in [2.75, 3.05) is 6.61 Å². The van der Waals surface area contributed by atoms with E-state index in [9.17, 15) is 0 Å². The smallest absolute Gasteiger partial charge is 0.227 e. The molecule has 0 aliphatic heterocycles. The molecular weight excluding hydrogens is 290 g/mol. The zero-order valence-electron chi connectivity index (χ0n) is 11.7. The Kier molecular flexibility index (Phi) is 5.74. The quantitative estimate of drug-likeness (QED) is 0.696. The van der Waals surface area contributed by atoms with Crippen molar-refractivity contribution in [1.29, 1.82) is 0 Å². The Morgan fingerprint density at radius 3 is 2.70 bits per heavy atom. The molecule has 0 saturated carbocycles. The molecule has 0 amide bonds. The van der Waals surface area contributed by atoms with Crippen LogP contribution in [0.25, 0.3) is 0 Å². The maximum absolute atomic E-state index is 6.03. The van der Waals surface area contributed by atoms with Gasteiger partial charge in [-0.25, -0.2) is 4.98 Å². The average Bonchev–Trinajstić information content (AvgIpc) is 2.45. The summed E-state index contributed by atoms with van der Waals surface area (Å²) < 4.78 is 5.75. The number of benzene rings is 1. The van der Waals surface area contributed by atoms with Gasteiger partial charge in [0.1, 0.15) is 0 Å². The Balaban J connectivity index is 2.07. The van der Waals surface area contributed by atoms with Crippen LogP contribution in [0.5, 0.6) is 5.88 Å². The number of hydrogen-bond donors (Lipinski definition) is 0. The predicted octanol–water partition coefficient (Wildman–Crippen LogP) is 5.06. The highest BCUT2D eigenvalue weighted by molar-refractivity contribution is 7.98. The van der Waals surface area contributed by atoms with Gasteiger partial charge in [-0.3, -0.25) is 0 Å². The van der Waals surface area contributed by atoms with E-state index < -0.39 is 0 Å². The largest absolute Gasteiger partial charge is 0.477 e. The van der Waals surface area contributed by atoms with Gasteiger partial charge < -0.3 is 4.74 Å². The highest BCUT2D eigenvalue weighted by atomic mass is 35.5. The van der Waals surface area contributed by atoms with E-state index in [2.05, 4.69) is 31.0 Å². The number of pyridine rings is 1. The summed E-state index contributed by atoms with van der Waals surface area (Å²) in [7, 11) is 0. The first kappa shape index (κ1) is 15.2. The maximum Gasteiger partial charge on any atom is 0.227 e. The summed E-state index contributed by atoms with van der Waals surface area (Å²) in [5.74, 6) is 2.02. The third-order valence-corrected chi connectivity index (χ3v) is 3.86. The summed E-state index contributed by atoms with van der Waals surface area (Å²) in [6.07, 6.45) is 1.63. The molecule has 2 rings (SSSR count). The molecule has 0 saturated heterocycles. The summed E-state index contributed by atoms with van der Waals surface area (Å²) in [6, 6.07) is 12.2. The molecule has 20 heavy (non-hydrogen) atoms. The van der Waals surface area contributed by atoms with Crippen LogP contribution in [0.2, 0.25) is 5.02 Å². The molecule has 4 heteroatoms. The van der Waals surface area contributed by atoms with Gasteiger partial charge in [0.2, 0.25) is 5.88 Å². The Bertz CT molecular complexity index is 545. The number of aromatic nitrogens is 1. The van der Waals surface area contributed by atoms with Crippen molar-refractivity contribution in [1.82, 2.24) is 4.98 Å². The first-order valence-corrected chi connectivity index (χ1v) is 7.96. The third-order valence-electron chi connectivity index (χ3n) is 2.58. The number of hydrogen-bond acceptors (Lipinski definition) is 3. The van der Waals surface area contributed by atoms with Crippen LogP contribution in [0.15, 0.2) is 47.5 Å². The fourth-order valence-electron chi connectivity index (χ4n) is 1.60. The molecule has 0 N–H and O–H groups in total. The predicted molar refractivity (Wildman–Crippen MR) is 85.6 cm³/mol. The van der Waals surface area contributed by atoms with Crippen LogP contribution in [0.3, 0.4) is 0 Å². The monoisotopic (exact) mass is 307 g/mol. The first-order chi connectivity index (χ1) is 9.65.